The Bertz CT molecular complexity index is 391. The lowest BCUT2D eigenvalue weighted by atomic mass is 9.57. The van der Waals surface area contributed by atoms with Gasteiger partial charge in [-0.15, -0.1) is 0 Å². The summed E-state index contributed by atoms with van der Waals surface area (Å²) in [6.45, 7) is 2.28. The molecule has 0 atom stereocenters. The maximum absolute atomic E-state index is 12.1. The van der Waals surface area contributed by atoms with Gasteiger partial charge in [-0.05, 0) is 51.4 Å². The highest BCUT2D eigenvalue weighted by Crippen LogP contribution is 2.52. The minimum Gasteiger partial charge on any atom is -0.369 e. The third kappa shape index (κ3) is 2.32. The van der Waals surface area contributed by atoms with Crippen LogP contribution in [-0.4, -0.2) is 41.9 Å². The van der Waals surface area contributed by atoms with E-state index in [0.29, 0.717) is 6.54 Å². The Hall–Kier alpha value is -1.10. The Labute approximate surface area is 120 Å². The molecule has 5 nitrogen and oxygen atoms in total. The van der Waals surface area contributed by atoms with E-state index in [0.717, 1.165) is 64.5 Å². The lowest BCUT2D eigenvalue weighted by molar-refractivity contribution is -0.136. The second kappa shape index (κ2) is 5.02. The van der Waals surface area contributed by atoms with E-state index in [-0.39, 0.29) is 22.8 Å². The van der Waals surface area contributed by atoms with E-state index in [4.69, 9.17) is 5.73 Å². The smallest absolute Gasteiger partial charge is 0.236 e. The van der Waals surface area contributed by atoms with Crippen LogP contribution in [0.4, 0.5) is 0 Å². The first-order valence-electron chi connectivity index (χ1n) is 7.88. The molecule has 1 saturated heterocycles. The molecule has 0 aromatic heterocycles. The molecule has 0 aromatic carbocycles. The van der Waals surface area contributed by atoms with Crippen LogP contribution in [0.1, 0.15) is 51.4 Å². The van der Waals surface area contributed by atoms with Gasteiger partial charge in [0.2, 0.25) is 11.8 Å². The Morgan fingerprint density at radius 2 is 1.55 bits per heavy atom. The van der Waals surface area contributed by atoms with Crippen LogP contribution in [0.3, 0.4) is 0 Å². The number of nitrogens with zero attached hydrogens (tertiary/aromatic N) is 1. The lowest BCUT2D eigenvalue weighted by Gasteiger charge is -2.52. The van der Waals surface area contributed by atoms with Crippen LogP contribution in [0.15, 0.2) is 0 Å². The molecule has 20 heavy (non-hydrogen) atoms. The fourth-order valence-electron chi connectivity index (χ4n) is 4.16. The van der Waals surface area contributed by atoms with Gasteiger partial charge in [0.25, 0.3) is 0 Å². The summed E-state index contributed by atoms with van der Waals surface area (Å²) >= 11 is 0. The summed E-state index contributed by atoms with van der Waals surface area (Å²) < 4.78 is 0. The maximum atomic E-state index is 12.1. The van der Waals surface area contributed by atoms with E-state index in [1.54, 1.807) is 0 Å². The maximum Gasteiger partial charge on any atom is 0.236 e. The van der Waals surface area contributed by atoms with Gasteiger partial charge in [-0.25, -0.2) is 0 Å². The third-order valence-corrected chi connectivity index (χ3v) is 5.84. The number of carbonyl (C=O) groups excluding carboxylic acids is 2. The zero-order valence-electron chi connectivity index (χ0n) is 12.1. The average Bonchev–Trinajstić information content (AvgIpc) is 3.01. The molecular formula is C15H25N3O2. The molecule has 5 heteroatoms. The van der Waals surface area contributed by atoms with E-state index >= 15 is 0 Å². The zero-order valence-corrected chi connectivity index (χ0v) is 12.1. The lowest BCUT2D eigenvalue weighted by Crippen LogP contribution is -2.59. The number of primary amides is 1. The number of rotatable bonds is 4. The molecule has 4 aliphatic rings. The van der Waals surface area contributed by atoms with Crippen LogP contribution in [0.25, 0.3) is 0 Å². The van der Waals surface area contributed by atoms with Gasteiger partial charge >= 0.3 is 0 Å². The molecule has 4 rings (SSSR count). The Kier molecular flexibility index (Phi) is 3.48. The molecule has 3 saturated carbocycles. The van der Waals surface area contributed by atoms with Crippen molar-refractivity contribution in [2.75, 3.05) is 19.6 Å². The summed E-state index contributed by atoms with van der Waals surface area (Å²) in [7, 11) is 0. The fourth-order valence-corrected chi connectivity index (χ4v) is 4.16. The molecule has 2 amide bonds. The molecule has 2 bridgehead atoms. The molecule has 3 aliphatic carbocycles. The summed E-state index contributed by atoms with van der Waals surface area (Å²) in [5.74, 6) is 0.105. The topological polar surface area (TPSA) is 75.4 Å². The van der Waals surface area contributed by atoms with Gasteiger partial charge in [-0.1, -0.05) is 0 Å². The standard InChI is InChI=1S/C15H25N3O2/c16-13(20)14-3-6-15(7-4-14,8-5-14)17-11-12(19)18-9-1-2-10-18/h17H,1-11H2,(H2,16,20). The van der Waals surface area contributed by atoms with Gasteiger partial charge < -0.3 is 16.0 Å². The van der Waals surface area contributed by atoms with Gasteiger partial charge in [0.05, 0.1) is 6.54 Å². The molecule has 1 heterocycles. The number of nitrogens with two attached hydrogens (primary N) is 1. The van der Waals surface area contributed by atoms with Crippen molar-refractivity contribution in [1.82, 2.24) is 10.2 Å². The first-order chi connectivity index (χ1) is 9.55. The van der Waals surface area contributed by atoms with Crippen LogP contribution in [0, 0.1) is 5.41 Å². The summed E-state index contributed by atoms with van der Waals surface area (Å²) in [6, 6.07) is 0. The number of fused-ring (bicyclic) bond motifs is 3. The molecule has 3 N–H and O–H groups in total. The summed E-state index contributed by atoms with van der Waals surface area (Å²) in [5, 5.41) is 3.51. The highest BCUT2D eigenvalue weighted by molar-refractivity contribution is 5.81. The Balaban J connectivity index is 1.54. The fraction of sp³-hybridized carbons (Fsp3) is 0.867. The number of nitrogens with one attached hydrogen (secondary N) is 1. The minimum atomic E-state index is -0.248. The van der Waals surface area contributed by atoms with E-state index < -0.39 is 0 Å². The van der Waals surface area contributed by atoms with Crippen molar-refractivity contribution in [3.63, 3.8) is 0 Å². The van der Waals surface area contributed by atoms with E-state index in [1.807, 2.05) is 4.90 Å². The molecule has 0 radical (unpaired) electrons. The monoisotopic (exact) mass is 279 g/mol. The van der Waals surface area contributed by atoms with Crippen molar-refractivity contribution >= 4 is 11.8 Å². The van der Waals surface area contributed by atoms with E-state index in [9.17, 15) is 9.59 Å². The first kappa shape index (κ1) is 13.9. The summed E-state index contributed by atoms with van der Waals surface area (Å²) in [5.41, 5.74) is 5.39. The van der Waals surface area contributed by atoms with E-state index in [1.165, 1.54) is 0 Å². The zero-order chi connectivity index (χ0) is 14.2. The summed E-state index contributed by atoms with van der Waals surface area (Å²) in [6.07, 6.45) is 7.85. The Morgan fingerprint density at radius 1 is 1.00 bits per heavy atom. The van der Waals surface area contributed by atoms with Crippen molar-refractivity contribution < 1.29 is 9.59 Å². The molecule has 0 spiro atoms. The van der Waals surface area contributed by atoms with Crippen LogP contribution >= 0.6 is 0 Å². The predicted molar refractivity (Wildman–Crippen MR) is 75.9 cm³/mol. The van der Waals surface area contributed by atoms with Crippen molar-refractivity contribution in [2.45, 2.75) is 56.9 Å². The van der Waals surface area contributed by atoms with Crippen LogP contribution in [0.5, 0.6) is 0 Å². The highest BCUT2D eigenvalue weighted by Gasteiger charge is 2.51. The van der Waals surface area contributed by atoms with Crippen LogP contribution in [-0.2, 0) is 9.59 Å². The number of likely N-dealkylation sites (tertiary alicyclic amines) is 1. The van der Waals surface area contributed by atoms with Gasteiger partial charge in [-0.3, -0.25) is 9.59 Å². The molecule has 0 aromatic rings. The average molecular weight is 279 g/mol. The van der Waals surface area contributed by atoms with Crippen molar-refractivity contribution in [2.24, 2.45) is 11.1 Å². The molecule has 1 aliphatic heterocycles. The second-order valence-corrected chi connectivity index (χ2v) is 6.87. The van der Waals surface area contributed by atoms with Gasteiger partial charge in [0.1, 0.15) is 0 Å². The molecule has 112 valence electrons. The molecular weight excluding hydrogens is 254 g/mol. The van der Waals surface area contributed by atoms with Gasteiger partial charge in [0, 0.05) is 24.0 Å². The SMILES string of the molecule is NC(=O)C12CCC(NCC(=O)N3CCCC3)(CC1)CC2. The largest absolute Gasteiger partial charge is 0.369 e. The van der Waals surface area contributed by atoms with Crippen molar-refractivity contribution in [3.05, 3.63) is 0 Å². The number of hydrogen-bond donors (Lipinski definition) is 2. The number of carbonyl (C=O) groups is 2. The van der Waals surface area contributed by atoms with Gasteiger partial charge in [-0.2, -0.15) is 0 Å². The molecule has 4 fully saturated rings. The first-order valence-corrected chi connectivity index (χ1v) is 7.88. The van der Waals surface area contributed by atoms with Crippen LogP contribution < -0.4 is 11.1 Å². The minimum absolute atomic E-state index is 0.0760. The predicted octanol–water partition coefficient (Wildman–Crippen LogP) is 0.777. The third-order valence-electron chi connectivity index (χ3n) is 5.84. The molecule has 0 unspecified atom stereocenters. The van der Waals surface area contributed by atoms with Crippen molar-refractivity contribution in [1.29, 1.82) is 0 Å². The van der Waals surface area contributed by atoms with Crippen LogP contribution in [0.2, 0.25) is 0 Å². The summed E-state index contributed by atoms with van der Waals surface area (Å²) in [4.78, 5) is 25.7. The van der Waals surface area contributed by atoms with Gasteiger partial charge in [0.15, 0.2) is 0 Å². The quantitative estimate of drug-likeness (QED) is 0.798. The number of amides is 2. The number of hydrogen-bond acceptors (Lipinski definition) is 3. The van der Waals surface area contributed by atoms with E-state index in [2.05, 4.69) is 5.32 Å². The highest BCUT2D eigenvalue weighted by atomic mass is 16.2. The second-order valence-electron chi connectivity index (χ2n) is 6.87. The van der Waals surface area contributed by atoms with Crippen molar-refractivity contribution in [3.8, 4) is 0 Å². The normalized spacial score (nSPS) is 36.3. The Morgan fingerprint density at radius 3 is 2.05 bits per heavy atom.